The van der Waals surface area contributed by atoms with Gasteiger partial charge >= 0.3 is 0 Å². The van der Waals surface area contributed by atoms with E-state index in [2.05, 4.69) is 138 Å². The van der Waals surface area contributed by atoms with Crippen molar-refractivity contribution < 1.29 is 9.47 Å². The van der Waals surface area contributed by atoms with Crippen molar-refractivity contribution in [3.05, 3.63) is 211 Å². The van der Waals surface area contributed by atoms with E-state index in [-0.39, 0.29) is 0 Å². The summed E-state index contributed by atoms with van der Waals surface area (Å²) in [5.74, 6) is 3.55. The van der Waals surface area contributed by atoms with Crippen LogP contribution in [0, 0.1) is 0 Å². The number of hydrogen-bond donors (Lipinski definition) is 0. The molecule has 8 aromatic carbocycles. The van der Waals surface area contributed by atoms with Gasteiger partial charge in [-0.15, -0.1) is 0 Å². The van der Waals surface area contributed by atoms with Crippen molar-refractivity contribution in [2.45, 2.75) is 5.41 Å². The minimum Gasteiger partial charge on any atom is -0.450 e. The number of ether oxygens (including phenoxy) is 2. The summed E-state index contributed by atoms with van der Waals surface area (Å²) in [6.07, 6.45) is 3.83. The second kappa shape index (κ2) is 11.6. The molecule has 5 heteroatoms. The lowest BCUT2D eigenvalue weighted by Gasteiger charge is -2.31. The van der Waals surface area contributed by atoms with Crippen LogP contribution in [0.25, 0.3) is 72.3 Å². The standard InChI is InChI=1S/C53H31N3O2/c1-2-12-32(13-3-1)35-30-54-52(55-31-35)56-46-19-9-6-16-39(46)41-26-33(23-25-47(41)56)34-22-24-38-40-28-50-51(58-49-21-11-10-20-48(49)57-50)29-45(40)53(44(38)27-34)42-17-7-4-14-36(42)37-15-5-8-18-43(37)53/h1-31H. The highest BCUT2D eigenvalue weighted by Gasteiger charge is 2.52. The van der Waals surface area contributed by atoms with E-state index in [1.54, 1.807) is 0 Å². The predicted molar refractivity (Wildman–Crippen MR) is 230 cm³/mol. The second-order valence-electron chi connectivity index (χ2n) is 15.3. The number of aromatic nitrogens is 3. The molecule has 0 unspecified atom stereocenters. The van der Waals surface area contributed by atoms with Crippen LogP contribution < -0.4 is 9.47 Å². The fourth-order valence-electron chi connectivity index (χ4n) is 9.92. The van der Waals surface area contributed by atoms with Gasteiger partial charge in [-0.05, 0) is 110 Å². The second-order valence-corrected chi connectivity index (χ2v) is 15.3. The van der Waals surface area contributed by atoms with Crippen LogP contribution >= 0.6 is 0 Å². The Labute approximate surface area is 334 Å². The van der Waals surface area contributed by atoms with Crippen molar-refractivity contribution in [1.82, 2.24) is 14.5 Å². The van der Waals surface area contributed by atoms with Gasteiger partial charge in [-0.25, -0.2) is 9.97 Å². The summed E-state index contributed by atoms with van der Waals surface area (Å²) in [4.78, 5) is 9.78. The molecule has 0 N–H and O–H groups in total. The highest BCUT2D eigenvalue weighted by atomic mass is 16.6. The number of hydrogen-bond acceptors (Lipinski definition) is 4. The molecule has 2 aliphatic carbocycles. The lowest BCUT2D eigenvalue weighted by atomic mass is 9.70. The highest BCUT2D eigenvalue weighted by molar-refractivity contribution is 6.10. The van der Waals surface area contributed by atoms with Gasteiger partial charge in [-0.3, -0.25) is 4.57 Å². The van der Waals surface area contributed by atoms with Gasteiger partial charge in [0.05, 0.1) is 16.4 Å². The van der Waals surface area contributed by atoms with Gasteiger partial charge in [0.1, 0.15) is 0 Å². The van der Waals surface area contributed by atoms with Gasteiger partial charge in [-0.1, -0.05) is 127 Å². The zero-order valence-electron chi connectivity index (χ0n) is 31.1. The molecule has 270 valence electrons. The maximum Gasteiger partial charge on any atom is 0.234 e. The van der Waals surface area contributed by atoms with Crippen molar-refractivity contribution >= 4 is 21.8 Å². The van der Waals surface area contributed by atoms with Crippen LogP contribution in [0.4, 0.5) is 0 Å². The zero-order chi connectivity index (χ0) is 38.0. The average molecular weight is 742 g/mol. The first-order chi connectivity index (χ1) is 28.7. The molecule has 13 rings (SSSR count). The summed E-state index contributed by atoms with van der Waals surface area (Å²) >= 11 is 0. The summed E-state index contributed by atoms with van der Waals surface area (Å²) in [6.45, 7) is 0. The maximum absolute atomic E-state index is 6.57. The van der Waals surface area contributed by atoms with Gasteiger partial charge in [0.15, 0.2) is 23.0 Å². The van der Waals surface area contributed by atoms with E-state index in [4.69, 9.17) is 19.4 Å². The topological polar surface area (TPSA) is 49.2 Å². The van der Waals surface area contributed by atoms with Crippen molar-refractivity contribution in [1.29, 1.82) is 0 Å². The molecule has 3 heterocycles. The van der Waals surface area contributed by atoms with Crippen LogP contribution in [0.15, 0.2) is 188 Å². The Hall–Kier alpha value is -7.76. The van der Waals surface area contributed by atoms with E-state index in [1.165, 1.54) is 38.9 Å². The number of benzene rings is 8. The molecule has 10 aromatic rings. The van der Waals surface area contributed by atoms with Crippen LogP contribution in [0.2, 0.25) is 0 Å². The summed E-state index contributed by atoms with van der Waals surface area (Å²) in [5.41, 5.74) is 15.9. The highest BCUT2D eigenvalue weighted by Crippen LogP contribution is 2.65. The smallest absolute Gasteiger partial charge is 0.234 e. The van der Waals surface area contributed by atoms with Crippen LogP contribution in [0.3, 0.4) is 0 Å². The van der Waals surface area contributed by atoms with E-state index in [0.29, 0.717) is 5.95 Å². The van der Waals surface area contributed by atoms with Crippen molar-refractivity contribution in [3.63, 3.8) is 0 Å². The molecule has 0 bridgehead atoms. The third-order valence-corrected chi connectivity index (χ3v) is 12.4. The normalized spacial score (nSPS) is 13.6. The van der Waals surface area contributed by atoms with E-state index in [9.17, 15) is 0 Å². The van der Waals surface area contributed by atoms with Crippen molar-refractivity contribution in [2.24, 2.45) is 0 Å². The fraction of sp³-hybridized carbons (Fsp3) is 0.0189. The van der Waals surface area contributed by atoms with Gasteiger partial charge in [0.2, 0.25) is 5.95 Å². The zero-order valence-corrected chi connectivity index (χ0v) is 31.1. The average Bonchev–Trinajstić information content (AvgIpc) is 3.89. The lowest BCUT2D eigenvalue weighted by Crippen LogP contribution is -2.26. The molecule has 0 fully saturated rings. The first-order valence-corrected chi connectivity index (χ1v) is 19.6. The van der Waals surface area contributed by atoms with Crippen molar-refractivity contribution in [2.75, 3.05) is 0 Å². The summed E-state index contributed by atoms with van der Waals surface area (Å²) in [5, 5.41) is 2.31. The third kappa shape index (κ3) is 4.19. The Morgan fingerprint density at radius 2 is 0.931 bits per heavy atom. The number of fused-ring (bicyclic) bond motifs is 15. The van der Waals surface area contributed by atoms with Crippen LogP contribution in [0.1, 0.15) is 22.3 Å². The van der Waals surface area contributed by atoms with Gasteiger partial charge in [0.25, 0.3) is 0 Å². The van der Waals surface area contributed by atoms with E-state index in [0.717, 1.165) is 72.6 Å². The number of rotatable bonds is 3. The molecule has 0 saturated carbocycles. The molecule has 0 saturated heterocycles. The van der Waals surface area contributed by atoms with Crippen LogP contribution in [0.5, 0.6) is 23.0 Å². The Morgan fingerprint density at radius 1 is 0.362 bits per heavy atom. The first-order valence-electron chi connectivity index (χ1n) is 19.6. The fourth-order valence-corrected chi connectivity index (χ4v) is 9.92. The molecular weight excluding hydrogens is 711 g/mol. The SMILES string of the molecule is c1ccc(-c2cnc(-n3c4ccccc4c4cc(-c5ccc6c(c5)C5(c7ccccc7-c7ccccc75)c5cc7c(cc5-6)Oc5ccccc5O7)ccc43)nc2)cc1. The molecule has 58 heavy (non-hydrogen) atoms. The maximum atomic E-state index is 6.57. The molecule has 1 aliphatic heterocycles. The van der Waals surface area contributed by atoms with Crippen molar-refractivity contribution in [3.8, 4) is 73.5 Å². The minimum atomic E-state index is -0.549. The van der Waals surface area contributed by atoms with E-state index >= 15 is 0 Å². The third-order valence-electron chi connectivity index (χ3n) is 12.4. The molecule has 2 aromatic heterocycles. The monoisotopic (exact) mass is 741 g/mol. The molecule has 0 amide bonds. The quantitative estimate of drug-likeness (QED) is 0.181. The van der Waals surface area contributed by atoms with Gasteiger partial charge in [0, 0.05) is 28.7 Å². The van der Waals surface area contributed by atoms with E-state index < -0.39 is 5.41 Å². The number of para-hydroxylation sites is 3. The van der Waals surface area contributed by atoms with Gasteiger partial charge in [-0.2, -0.15) is 0 Å². The molecule has 0 atom stereocenters. The summed E-state index contributed by atoms with van der Waals surface area (Å²) in [7, 11) is 0. The molecular formula is C53H31N3O2. The lowest BCUT2D eigenvalue weighted by molar-refractivity contribution is 0.359. The summed E-state index contributed by atoms with van der Waals surface area (Å²) in [6, 6.07) is 62.7. The first kappa shape index (κ1) is 31.4. The Kier molecular flexibility index (Phi) is 6.31. The predicted octanol–water partition coefficient (Wildman–Crippen LogP) is 13.1. The summed E-state index contributed by atoms with van der Waals surface area (Å²) < 4.78 is 15.2. The Bertz CT molecular complexity index is 3300. The molecule has 3 aliphatic rings. The largest absolute Gasteiger partial charge is 0.450 e. The minimum absolute atomic E-state index is 0.549. The Morgan fingerprint density at radius 3 is 1.69 bits per heavy atom. The van der Waals surface area contributed by atoms with Crippen LogP contribution in [-0.2, 0) is 5.41 Å². The molecule has 1 spiro atoms. The van der Waals surface area contributed by atoms with Crippen LogP contribution in [-0.4, -0.2) is 14.5 Å². The van der Waals surface area contributed by atoms with Gasteiger partial charge < -0.3 is 9.47 Å². The number of nitrogens with zero attached hydrogens (tertiary/aromatic N) is 3. The van der Waals surface area contributed by atoms with E-state index in [1.807, 2.05) is 54.9 Å². The molecule has 0 radical (unpaired) electrons. The Balaban J connectivity index is 1.00. The molecule has 5 nitrogen and oxygen atoms in total.